The van der Waals surface area contributed by atoms with Crippen molar-refractivity contribution in [2.24, 2.45) is 0 Å². The lowest BCUT2D eigenvalue weighted by molar-refractivity contribution is -0.127. The molecule has 9 heteroatoms. The Kier molecular flexibility index (Phi) is 8.21. The number of piperazine rings is 1. The van der Waals surface area contributed by atoms with Crippen molar-refractivity contribution in [3.8, 4) is 6.07 Å². The van der Waals surface area contributed by atoms with E-state index in [-0.39, 0.29) is 23.8 Å². The van der Waals surface area contributed by atoms with E-state index >= 15 is 0 Å². The minimum Gasteiger partial charge on any atom is -0.370 e. The van der Waals surface area contributed by atoms with E-state index in [4.69, 9.17) is 0 Å². The quantitative estimate of drug-likeness (QED) is 0.276. The first-order chi connectivity index (χ1) is 17.9. The van der Waals surface area contributed by atoms with Crippen molar-refractivity contribution in [3.63, 3.8) is 0 Å². The zero-order chi connectivity index (χ0) is 26.4. The van der Waals surface area contributed by atoms with Crippen molar-refractivity contribution in [1.29, 1.82) is 5.26 Å². The number of benzene rings is 1. The molecular formula is C28H27N5O3S. The van der Waals surface area contributed by atoms with Crippen LogP contribution in [0.25, 0.3) is 0 Å². The first-order valence-electron chi connectivity index (χ1n) is 12.0. The number of allylic oxidation sites excluding steroid dienone is 4. The van der Waals surface area contributed by atoms with Crippen molar-refractivity contribution in [2.75, 3.05) is 37.6 Å². The molecule has 0 radical (unpaired) electrons. The van der Waals surface area contributed by atoms with Gasteiger partial charge in [-0.05, 0) is 19.1 Å². The maximum Gasteiger partial charge on any atom is 0.272 e. The van der Waals surface area contributed by atoms with Crippen LogP contribution in [0.1, 0.15) is 22.8 Å². The Balaban J connectivity index is 1.60. The normalized spacial score (nSPS) is 16.5. The summed E-state index contributed by atoms with van der Waals surface area (Å²) in [5, 5.41) is 10.1. The van der Waals surface area contributed by atoms with Crippen molar-refractivity contribution in [3.05, 3.63) is 94.2 Å². The molecule has 2 amide bonds. The van der Waals surface area contributed by atoms with E-state index in [2.05, 4.69) is 23.7 Å². The Labute approximate surface area is 221 Å². The van der Waals surface area contributed by atoms with E-state index in [1.54, 1.807) is 53.6 Å². The standard InChI is InChI=1S/C28H27N5O3S/c1-2-3-11-25(37)28(36)32-15-13-31(14-16-32)23-17-21-10-7-12-30-26(21)33(27(35)22(23)18-29)19-24(34)20-8-5-4-6-9-20/h2-12,37H,13-17,19H2,1H3/b3-2-,25-11-. The maximum atomic E-state index is 13.7. The number of carbonyl (C=O) groups is 3. The maximum absolute atomic E-state index is 13.7. The molecule has 1 fully saturated rings. The minimum atomic E-state index is -0.551. The molecule has 1 aromatic carbocycles. The van der Waals surface area contributed by atoms with Gasteiger partial charge in [0.2, 0.25) is 0 Å². The average Bonchev–Trinajstić information content (AvgIpc) is 3.05. The van der Waals surface area contributed by atoms with E-state index in [1.807, 2.05) is 30.0 Å². The molecule has 8 nitrogen and oxygen atoms in total. The van der Waals surface area contributed by atoms with E-state index in [9.17, 15) is 19.6 Å². The molecule has 188 valence electrons. The van der Waals surface area contributed by atoms with Crippen molar-refractivity contribution in [1.82, 2.24) is 14.8 Å². The van der Waals surface area contributed by atoms with Crippen LogP contribution >= 0.6 is 12.6 Å². The Morgan fingerprint density at radius 1 is 1.11 bits per heavy atom. The van der Waals surface area contributed by atoms with Crippen molar-refractivity contribution < 1.29 is 14.4 Å². The second-order valence-corrected chi connectivity index (χ2v) is 9.12. The van der Waals surface area contributed by atoms with Gasteiger partial charge in [0.15, 0.2) is 5.78 Å². The molecule has 4 rings (SSSR count). The average molecular weight is 514 g/mol. The van der Waals surface area contributed by atoms with Gasteiger partial charge in [0.1, 0.15) is 17.5 Å². The number of rotatable bonds is 6. The van der Waals surface area contributed by atoms with Gasteiger partial charge in [0.25, 0.3) is 11.8 Å². The van der Waals surface area contributed by atoms with Gasteiger partial charge in [0.05, 0.1) is 11.4 Å². The first kappa shape index (κ1) is 25.9. The third kappa shape index (κ3) is 5.65. The number of nitrogens with zero attached hydrogens (tertiary/aromatic N) is 5. The summed E-state index contributed by atoms with van der Waals surface area (Å²) in [6, 6.07) is 14.5. The van der Waals surface area contributed by atoms with Gasteiger partial charge in [-0.25, -0.2) is 4.98 Å². The van der Waals surface area contributed by atoms with Crippen LogP contribution in [0.2, 0.25) is 0 Å². The largest absolute Gasteiger partial charge is 0.370 e. The van der Waals surface area contributed by atoms with E-state index < -0.39 is 5.91 Å². The number of hydrogen-bond acceptors (Lipinski definition) is 7. The summed E-state index contributed by atoms with van der Waals surface area (Å²) < 4.78 is 0. The Hall–Kier alpha value is -4.16. The molecule has 3 heterocycles. The van der Waals surface area contributed by atoms with Crippen LogP contribution in [0.15, 0.2) is 83.1 Å². The molecule has 2 aliphatic heterocycles. The van der Waals surface area contributed by atoms with Gasteiger partial charge in [-0.1, -0.05) is 48.6 Å². The summed E-state index contributed by atoms with van der Waals surface area (Å²) in [5.41, 5.74) is 1.80. The van der Waals surface area contributed by atoms with Crippen LogP contribution < -0.4 is 4.90 Å². The SMILES string of the molecule is C/C=C\C=C(/S)C(=O)N1CCN(C2=C(C#N)C(=O)N(CC(=O)c3ccccc3)c3ncccc3C2)CC1. The van der Waals surface area contributed by atoms with Crippen LogP contribution in [0.3, 0.4) is 0 Å². The highest BCUT2D eigenvalue weighted by molar-refractivity contribution is 7.85. The van der Waals surface area contributed by atoms with E-state index in [1.165, 1.54) is 4.90 Å². The number of Topliss-reactive ketones (excluding diaryl/α,β-unsaturated/α-hetero) is 1. The molecule has 0 N–H and O–H groups in total. The van der Waals surface area contributed by atoms with Gasteiger partial charge in [-0.3, -0.25) is 19.3 Å². The van der Waals surface area contributed by atoms with Gasteiger partial charge in [-0.15, -0.1) is 12.6 Å². The highest BCUT2D eigenvalue weighted by Crippen LogP contribution is 2.30. The zero-order valence-electron chi connectivity index (χ0n) is 20.5. The smallest absolute Gasteiger partial charge is 0.272 e. The molecule has 0 atom stereocenters. The molecular weight excluding hydrogens is 486 g/mol. The van der Waals surface area contributed by atoms with Crippen molar-refractivity contribution in [2.45, 2.75) is 13.3 Å². The van der Waals surface area contributed by atoms with Crippen LogP contribution in [-0.2, 0) is 16.0 Å². The fraction of sp³-hybridized carbons (Fsp3) is 0.250. The molecule has 1 aromatic heterocycles. The molecule has 0 aliphatic carbocycles. The number of fused-ring (bicyclic) bond motifs is 1. The van der Waals surface area contributed by atoms with Crippen LogP contribution in [-0.4, -0.2) is 65.1 Å². The summed E-state index contributed by atoms with van der Waals surface area (Å²) in [6.07, 6.45) is 7.14. The minimum absolute atomic E-state index is 0.0125. The molecule has 0 bridgehead atoms. The van der Waals surface area contributed by atoms with Gasteiger partial charge < -0.3 is 9.80 Å². The predicted molar refractivity (Wildman–Crippen MR) is 144 cm³/mol. The summed E-state index contributed by atoms with van der Waals surface area (Å²) in [7, 11) is 0. The number of amides is 2. The Bertz CT molecular complexity index is 1340. The number of carbonyl (C=O) groups excluding carboxylic acids is 3. The fourth-order valence-electron chi connectivity index (χ4n) is 4.42. The summed E-state index contributed by atoms with van der Waals surface area (Å²) in [5.74, 6) is -0.577. The highest BCUT2D eigenvalue weighted by atomic mass is 32.1. The summed E-state index contributed by atoms with van der Waals surface area (Å²) in [4.78, 5) is 49.1. The lowest BCUT2D eigenvalue weighted by Crippen LogP contribution is -2.49. The number of aromatic nitrogens is 1. The number of nitriles is 1. The van der Waals surface area contributed by atoms with Crippen LogP contribution in [0.4, 0.5) is 5.82 Å². The predicted octanol–water partition coefficient (Wildman–Crippen LogP) is 3.17. The zero-order valence-corrected chi connectivity index (χ0v) is 21.4. The molecule has 0 spiro atoms. The van der Waals surface area contributed by atoms with Crippen LogP contribution in [0, 0.1) is 11.3 Å². The lowest BCUT2D eigenvalue weighted by atomic mass is 10.1. The monoisotopic (exact) mass is 513 g/mol. The number of ketones is 1. The van der Waals surface area contributed by atoms with Crippen molar-refractivity contribution >= 4 is 36.0 Å². The first-order valence-corrected chi connectivity index (χ1v) is 12.4. The van der Waals surface area contributed by atoms with Gasteiger partial charge >= 0.3 is 0 Å². The molecule has 2 aliphatic rings. The topological polar surface area (TPSA) is 97.6 Å². The molecule has 0 unspecified atom stereocenters. The fourth-order valence-corrected chi connectivity index (χ4v) is 4.65. The Morgan fingerprint density at radius 3 is 2.51 bits per heavy atom. The van der Waals surface area contributed by atoms with Gasteiger partial charge in [0, 0.05) is 55.6 Å². The number of anilines is 1. The summed E-state index contributed by atoms with van der Waals surface area (Å²) >= 11 is 4.31. The second-order valence-electron chi connectivity index (χ2n) is 8.63. The Morgan fingerprint density at radius 2 is 1.84 bits per heavy atom. The van der Waals surface area contributed by atoms with Crippen LogP contribution in [0.5, 0.6) is 0 Å². The number of hydrogen-bond donors (Lipinski definition) is 1. The third-order valence-corrected chi connectivity index (χ3v) is 6.69. The lowest BCUT2D eigenvalue weighted by Gasteiger charge is -2.37. The molecule has 2 aromatic rings. The molecule has 37 heavy (non-hydrogen) atoms. The van der Waals surface area contributed by atoms with E-state index in [0.717, 1.165) is 5.56 Å². The third-order valence-electron chi connectivity index (χ3n) is 6.35. The number of thiol groups is 1. The second kappa shape index (κ2) is 11.7. The summed E-state index contributed by atoms with van der Waals surface area (Å²) in [6.45, 7) is 3.42. The highest BCUT2D eigenvalue weighted by Gasteiger charge is 2.34. The van der Waals surface area contributed by atoms with E-state index in [0.29, 0.717) is 54.6 Å². The molecule has 1 saturated heterocycles. The molecule has 0 saturated carbocycles. The van der Waals surface area contributed by atoms with Gasteiger partial charge in [-0.2, -0.15) is 5.26 Å². The number of pyridine rings is 1.